The van der Waals surface area contributed by atoms with Crippen LogP contribution in [0.5, 0.6) is 0 Å². The molecule has 2 atom stereocenters. The zero-order valence-corrected chi connectivity index (χ0v) is 16.1. The number of amides is 1. The van der Waals surface area contributed by atoms with Gasteiger partial charge in [-0.05, 0) is 50.0 Å². The third-order valence-electron chi connectivity index (χ3n) is 6.08. The van der Waals surface area contributed by atoms with E-state index in [1.54, 1.807) is 0 Å². The number of aryl methyl sites for hydroxylation is 1. The van der Waals surface area contributed by atoms with Gasteiger partial charge in [0.2, 0.25) is 5.91 Å². The minimum absolute atomic E-state index is 0.234. The smallest absolute Gasteiger partial charge is 0.223 e. The summed E-state index contributed by atoms with van der Waals surface area (Å²) >= 11 is 4.43. The van der Waals surface area contributed by atoms with Gasteiger partial charge >= 0.3 is 0 Å². The Morgan fingerprint density at radius 2 is 1.75 bits per heavy atom. The molecule has 4 heteroatoms. The second-order valence-corrected chi connectivity index (χ2v) is 10.6. The van der Waals surface area contributed by atoms with Crippen molar-refractivity contribution in [3.05, 3.63) is 35.4 Å². The summed E-state index contributed by atoms with van der Waals surface area (Å²) in [7, 11) is 0. The van der Waals surface area contributed by atoms with E-state index in [2.05, 4.69) is 60.0 Å². The largest absolute Gasteiger partial charge is 0.352 e. The molecule has 2 bridgehead atoms. The molecule has 2 aliphatic carbocycles. The molecule has 4 rings (SSSR count). The Balaban J connectivity index is 1.38. The van der Waals surface area contributed by atoms with Gasteiger partial charge in [-0.3, -0.25) is 4.79 Å². The number of nitrogens with one attached hydrogen (secondary N) is 1. The first kappa shape index (κ1) is 16.8. The van der Waals surface area contributed by atoms with Crippen LogP contribution in [0.1, 0.15) is 43.2 Å². The molecule has 0 aromatic heterocycles. The van der Waals surface area contributed by atoms with E-state index in [-0.39, 0.29) is 11.8 Å². The summed E-state index contributed by atoms with van der Waals surface area (Å²) < 4.78 is 0.464. The van der Waals surface area contributed by atoms with E-state index in [0.29, 0.717) is 10.6 Å². The molecule has 1 aliphatic heterocycles. The molecule has 1 aromatic rings. The van der Waals surface area contributed by atoms with Gasteiger partial charge < -0.3 is 5.32 Å². The lowest BCUT2D eigenvalue weighted by Crippen LogP contribution is -2.49. The summed E-state index contributed by atoms with van der Waals surface area (Å²) in [6, 6.07) is 8.47. The number of rotatable bonds is 3. The first-order valence-electron chi connectivity index (χ1n) is 9.28. The van der Waals surface area contributed by atoms with Crippen LogP contribution in [0.3, 0.4) is 0 Å². The van der Waals surface area contributed by atoms with Crippen LogP contribution in [0, 0.1) is 24.7 Å². The average Bonchev–Trinajstić information content (AvgIpc) is 3.03. The minimum atomic E-state index is 0.234. The topological polar surface area (TPSA) is 29.1 Å². The first-order valence-corrected chi connectivity index (χ1v) is 11.3. The molecule has 1 N–H and O–H groups in total. The zero-order valence-electron chi connectivity index (χ0n) is 14.4. The molecule has 1 saturated heterocycles. The maximum Gasteiger partial charge on any atom is 0.223 e. The van der Waals surface area contributed by atoms with Crippen LogP contribution in [-0.4, -0.2) is 21.5 Å². The van der Waals surface area contributed by atoms with Crippen LogP contribution in [0.4, 0.5) is 0 Å². The highest BCUT2D eigenvalue weighted by atomic mass is 32.2. The number of hydrogen-bond donors (Lipinski definition) is 1. The lowest BCUT2D eigenvalue weighted by atomic mass is 9.67. The van der Waals surface area contributed by atoms with Crippen molar-refractivity contribution in [1.82, 2.24) is 5.32 Å². The Morgan fingerprint density at radius 3 is 2.38 bits per heavy atom. The second kappa shape index (κ2) is 6.95. The number of benzene rings is 1. The van der Waals surface area contributed by atoms with Gasteiger partial charge in [-0.25, -0.2) is 0 Å². The van der Waals surface area contributed by atoms with Crippen molar-refractivity contribution in [3.63, 3.8) is 0 Å². The van der Waals surface area contributed by atoms with E-state index < -0.39 is 0 Å². The predicted octanol–water partition coefficient (Wildman–Crippen LogP) is 4.61. The van der Waals surface area contributed by atoms with Crippen LogP contribution in [0.15, 0.2) is 24.3 Å². The van der Waals surface area contributed by atoms with E-state index in [0.717, 1.165) is 24.7 Å². The fraction of sp³-hybridized carbons (Fsp3) is 0.650. The fourth-order valence-electron chi connectivity index (χ4n) is 4.86. The molecule has 1 heterocycles. The monoisotopic (exact) mass is 361 g/mol. The first-order chi connectivity index (χ1) is 11.7. The Bertz CT molecular complexity index is 578. The molecule has 0 radical (unpaired) electrons. The molecule has 2 unspecified atom stereocenters. The molecule has 2 saturated carbocycles. The third-order valence-corrected chi connectivity index (χ3v) is 10.1. The Morgan fingerprint density at radius 1 is 1.12 bits per heavy atom. The normalized spacial score (nSPS) is 31.1. The fourth-order valence-corrected chi connectivity index (χ4v) is 8.80. The molecule has 3 aliphatic rings. The average molecular weight is 362 g/mol. The molecule has 24 heavy (non-hydrogen) atoms. The van der Waals surface area contributed by atoms with Gasteiger partial charge in [0.15, 0.2) is 0 Å². The van der Waals surface area contributed by atoms with E-state index in [1.165, 1.54) is 41.9 Å². The number of hydrogen-bond acceptors (Lipinski definition) is 3. The molecule has 1 amide bonds. The van der Waals surface area contributed by atoms with Crippen molar-refractivity contribution in [2.75, 3.05) is 11.5 Å². The van der Waals surface area contributed by atoms with Gasteiger partial charge in [0.1, 0.15) is 0 Å². The van der Waals surface area contributed by atoms with Crippen LogP contribution in [0.25, 0.3) is 0 Å². The molecular weight excluding hydrogens is 334 g/mol. The predicted molar refractivity (Wildman–Crippen MR) is 104 cm³/mol. The van der Waals surface area contributed by atoms with Crippen LogP contribution >= 0.6 is 23.5 Å². The SMILES string of the molecule is Cc1ccc(CNC(=O)C2CC3CCCC(C2)C32SCCS2)cc1. The summed E-state index contributed by atoms with van der Waals surface area (Å²) in [6.07, 6.45) is 6.25. The maximum atomic E-state index is 12.7. The summed E-state index contributed by atoms with van der Waals surface area (Å²) in [6.45, 7) is 2.76. The third kappa shape index (κ3) is 3.12. The van der Waals surface area contributed by atoms with Crippen molar-refractivity contribution >= 4 is 29.4 Å². The van der Waals surface area contributed by atoms with Crippen molar-refractivity contribution < 1.29 is 4.79 Å². The van der Waals surface area contributed by atoms with Gasteiger partial charge in [0.05, 0.1) is 4.08 Å². The summed E-state index contributed by atoms with van der Waals surface area (Å²) in [5.74, 6) is 4.63. The van der Waals surface area contributed by atoms with Crippen molar-refractivity contribution in [2.45, 2.75) is 49.7 Å². The molecule has 1 aromatic carbocycles. The highest BCUT2D eigenvalue weighted by Gasteiger charge is 2.55. The molecular formula is C20H27NOS2. The van der Waals surface area contributed by atoms with Gasteiger partial charge in [-0.2, -0.15) is 0 Å². The van der Waals surface area contributed by atoms with Crippen molar-refractivity contribution in [2.24, 2.45) is 17.8 Å². The van der Waals surface area contributed by atoms with E-state index in [1.807, 2.05) is 0 Å². The lowest BCUT2D eigenvalue weighted by molar-refractivity contribution is -0.127. The second-order valence-electron chi connectivity index (χ2n) is 7.61. The highest BCUT2D eigenvalue weighted by molar-refractivity contribution is 8.21. The maximum absolute atomic E-state index is 12.7. The quantitative estimate of drug-likeness (QED) is 0.852. The summed E-state index contributed by atoms with van der Waals surface area (Å²) in [5.41, 5.74) is 2.46. The minimum Gasteiger partial charge on any atom is -0.352 e. The standard InChI is InChI=1S/C20H27NOS2/c1-14-5-7-15(8-6-14)13-21-19(22)16-11-17-3-2-4-18(12-16)20(17)23-9-10-24-20/h5-8,16-18H,2-4,9-13H2,1H3,(H,21,22). The van der Waals surface area contributed by atoms with Crippen LogP contribution in [0.2, 0.25) is 0 Å². The summed E-state index contributed by atoms with van der Waals surface area (Å²) in [5, 5.41) is 3.20. The van der Waals surface area contributed by atoms with Crippen molar-refractivity contribution in [3.8, 4) is 0 Å². The van der Waals surface area contributed by atoms with Crippen molar-refractivity contribution in [1.29, 1.82) is 0 Å². The number of carbonyl (C=O) groups excluding carboxylic acids is 1. The molecule has 3 fully saturated rings. The van der Waals surface area contributed by atoms with E-state index in [9.17, 15) is 4.79 Å². The Labute approximate surface area is 153 Å². The molecule has 130 valence electrons. The van der Waals surface area contributed by atoms with Crippen LogP contribution < -0.4 is 5.32 Å². The number of thioether (sulfide) groups is 2. The molecule has 1 spiro atoms. The highest BCUT2D eigenvalue weighted by Crippen LogP contribution is 2.64. The van der Waals surface area contributed by atoms with Crippen LogP contribution in [-0.2, 0) is 11.3 Å². The zero-order chi connectivity index (χ0) is 16.6. The Hall–Kier alpha value is -0.610. The Kier molecular flexibility index (Phi) is 4.88. The summed E-state index contributed by atoms with van der Waals surface area (Å²) in [4.78, 5) is 12.7. The van der Waals surface area contributed by atoms with Gasteiger partial charge in [-0.15, -0.1) is 23.5 Å². The van der Waals surface area contributed by atoms with E-state index in [4.69, 9.17) is 0 Å². The van der Waals surface area contributed by atoms with Gasteiger partial charge in [0, 0.05) is 24.0 Å². The van der Waals surface area contributed by atoms with Gasteiger partial charge in [0.25, 0.3) is 0 Å². The number of carbonyl (C=O) groups is 1. The van der Waals surface area contributed by atoms with E-state index >= 15 is 0 Å². The van der Waals surface area contributed by atoms with Gasteiger partial charge in [-0.1, -0.05) is 36.2 Å². The molecule has 2 nitrogen and oxygen atoms in total. The lowest BCUT2D eigenvalue weighted by Gasteiger charge is -2.52.